The normalized spacial score (nSPS) is 11.7. The smallest absolute Gasteiger partial charge is 0.276 e. The van der Waals surface area contributed by atoms with E-state index in [1.807, 2.05) is 13.8 Å². The van der Waals surface area contributed by atoms with E-state index in [9.17, 15) is 0 Å². The van der Waals surface area contributed by atoms with Crippen LogP contribution in [0, 0.1) is 17.7 Å². The standard InChI is InChI=1S/C11H20N4OS/c1-8-14-15-10(16-8)17-7-5-4-6-11(2,3)9(12)13/h4-7H2,1-3H3,(H3,12,13). The van der Waals surface area contributed by atoms with Crippen LogP contribution in [0.25, 0.3) is 0 Å². The van der Waals surface area contributed by atoms with Gasteiger partial charge in [-0.15, -0.1) is 10.2 Å². The van der Waals surface area contributed by atoms with E-state index >= 15 is 0 Å². The predicted molar refractivity (Wildman–Crippen MR) is 69.3 cm³/mol. The minimum atomic E-state index is -0.189. The van der Waals surface area contributed by atoms with Crippen molar-refractivity contribution in [2.24, 2.45) is 11.1 Å². The maximum atomic E-state index is 7.45. The van der Waals surface area contributed by atoms with Crippen LogP contribution in [-0.4, -0.2) is 21.8 Å². The number of hydrogen-bond acceptors (Lipinski definition) is 5. The number of nitrogens with zero attached hydrogens (tertiary/aromatic N) is 2. The summed E-state index contributed by atoms with van der Waals surface area (Å²) in [7, 11) is 0. The number of hydrogen-bond donors (Lipinski definition) is 2. The van der Waals surface area contributed by atoms with Gasteiger partial charge in [-0.1, -0.05) is 32.0 Å². The Labute approximate surface area is 106 Å². The van der Waals surface area contributed by atoms with Gasteiger partial charge in [0.2, 0.25) is 5.89 Å². The largest absolute Gasteiger partial charge is 0.416 e. The lowest BCUT2D eigenvalue weighted by Crippen LogP contribution is -2.30. The number of rotatable bonds is 7. The number of nitrogens with one attached hydrogen (secondary N) is 1. The molecule has 0 fully saturated rings. The molecule has 3 N–H and O–H groups in total. The van der Waals surface area contributed by atoms with E-state index in [0.29, 0.717) is 11.1 Å². The number of amidine groups is 1. The zero-order valence-corrected chi connectivity index (χ0v) is 11.4. The van der Waals surface area contributed by atoms with Gasteiger partial charge in [0.25, 0.3) is 5.22 Å². The van der Waals surface area contributed by atoms with Gasteiger partial charge in [0.1, 0.15) is 0 Å². The minimum Gasteiger partial charge on any atom is -0.416 e. The van der Waals surface area contributed by atoms with Crippen LogP contribution < -0.4 is 5.73 Å². The molecule has 0 aliphatic carbocycles. The molecule has 1 aromatic heterocycles. The van der Waals surface area contributed by atoms with Gasteiger partial charge >= 0.3 is 0 Å². The average molecular weight is 256 g/mol. The lowest BCUT2D eigenvalue weighted by Gasteiger charge is -2.22. The molecule has 96 valence electrons. The first-order chi connectivity index (χ1) is 7.92. The molecule has 0 amide bonds. The zero-order valence-electron chi connectivity index (χ0n) is 10.6. The Bertz CT molecular complexity index is 375. The second-order valence-corrected chi connectivity index (χ2v) is 5.74. The third-order valence-corrected chi connectivity index (χ3v) is 3.56. The highest BCUT2D eigenvalue weighted by Crippen LogP contribution is 2.24. The molecule has 1 heterocycles. The molecule has 0 atom stereocenters. The summed E-state index contributed by atoms with van der Waals surface area (Å²) in [6.45, 7) is 5.79. The summed E-state index contributed by atoms with van der Waals surface area (Å²) >= 11 is 1.58. The second kappa shape index (κ2) is 6.05. The van der Waals surface area contributed by atoms with Gasteiger partial charge in [0, 0.05) is 18.1 Å². The molecule has 0 radical (unpaired) electrons. The van der Waals surface area contributed by atoms with Crippen molar-refractivity contribution in [3.8, 4) is 0 Å². The Kier molecular flexibility index (Phi) is 4.99. The van der Waals surface area contributed by atoms with Crippen LogP contribution in [0.3, 0.4) is 0 Å². The molecule has 0 unspecified atom stereocenters. The summed E-state index contributed by atoms with van der Waals surface area (Å²) in [5.74, 6) is 1.82. The molecule has 0 saturated heterocycles. The molecule has 1 aromatic rings. The highest BCUT2D eigenvalue weighted by Gasteiger charge is 2.20. The molecule has 0 aliphatic heterocycles. The molecule has 0 bridgehead atoms. The topological polar surface area (TPSA) is 88.8 Å². The van der Waals surface area contributed by atoms with Crippen molar-refractivity contribution >= 4 is 17.6 Å². The highest BCUT2D eigenvalue weighted by molar-refractivity contribution is 7.99. The molecule has 6 heteroatoms. The summed E-state index contributed by atoms with van der Waals surface area (Å²) in [6.07, 6.45) is 3.04. The van der Waals surface area contributed by atoms with E-state index in [1.54, 1.807) is 18.7 Å². The zero-order chi connectivity index (χ0) is 12.9. The molecule has 0 saturated carbocycles. The average Bonchev–Trinajstić information content (AvgIpc) is 2.63. The fourth-order valence-corrected chi connectivity index (χ4v) is 2.10. The van der Waals surface area contributed by atoms with E-state index in [1.165, 1.54) is 0 Å². The molecule has 0 spiro atoms. The van der Waals surface area contributed by atoms with Gasteiger partial charge in [0.05, 0.1) is 5.84 Å². The molecule has 17 heavy (non-hydrogen) atoms. The Morgan fingerprint density at radius 1 is 1.41 bits per heavy atom. The fraction of sp³-hybridized carbons (Fsp3) is 0.727. The lowest BCUT2D eigenvalue weighted by atomic mass is 9.86. The van der Waals surface area contributed by atoms with Crippen LogP contribution in [0.5, 0.6) is 0 Å². The van der Waals surface area contributed by atoms with E-state index in [-0.39, 0.29) is 11.3 Å². The predicted octanol–water partition coefficient (Wildman–Crippen LogP) is 2.60. The summed E-state index contributed by atoms with van der Waals surface area (Å²) in [5.41, 5.74) is 5.33. The maximum Gasteiger partial charge on any atom is 0.276 e. The van der Waals surface area contributed by atoms with Crippen LogP contribution >= 0.6 is 11.8 Å². The van der Waals surface area contributed by atoms with Crippen molar-refractivity contribution in [1.29, 1.82) is 5.41 Å². The number of thioether (sulfide) groups is 1. The van der Waals surface area contributed by atoms with E-state index in [4.69, 9.17) is 15.6 Å². The van der Waals surface area contributed by atoms with Crippen molar-refractivity contribution in [2.45, 2.75) is 45.3 Å². The first-order valence-electron chi connectivity index (χ1n) is 5.69. The van der Waals surface area contributed by atoms with E-state index in [2.05, 4.69) is 10.2 Å². The van der Waals surface area contributed by atoms with E-state index < -0.39 is 0 Å². The summed E-state index contributed by atoms with van der Waals surface area (Å²) in [6, 6.07) is 0. The monoisotopic (exact) mass is 256 g/mol. The van der Waals surface area contributed by atoms with Gasteiger partial charge in [-0.05, 0) is 12.8 Å². The van der Waals surface area contributed by atoms with Gasteiger partial charge in [0.15, 0.2) is 0 Å². The summed E-state index contributed by atoms with van der Waals surface area (Å²) < 4.78 is 5.26. The first-order valence-corrected chi connectivity index (χ1v) is 6.68. The molecular weight excluding hydrogens is 236 g/mol. The van der Waals surface area contributed by atoms with E-state index in [0.717, 1.165) is 25.0 Å². The third-order valence-electron chi connectivity index (χ3n) is 2.66. The number of aromatic nitrogens is 2. The second-order valence-electron chi connectivity index (χ2n) is 4.69. The van der Waals surface area contributed by atoms with Crippen molar-refractivity contribution < 1.29 is 4.42 Å². The third kappa shape index (κ3) is 4.77. The van der Waals surface area contributed by atoms with Gasteiger partial charge in [-0.25, -0.2) is 0 Å². The molecule has 1 rings (SSSR count). The fourth-order valence-electron chi connectivity index (χ4n) is 1.30. The van der Waals surface area contributed by atoms with Gasteiger partial charge < -0.3 is 10.2 Å². The van der Waals surface area contributed by atoms with Crippen LogP contribution in [0.1, 0.15) is 39.0 Å². The van der Waals surface area contributed by atoms with Crippen LogP contribution in [0.2, 0.25) is 0 Å². The van der Waals surface area contributed by atoms with Crippen molar-refractivity contribution in [3.63, 3.8) is 0 Å². The van der Waals surface area contributed by atoms with Crippen LogP contribution in [0.15, 0.2) is 9.64 Å². The summed E-state index contributed by atoms with van der Waals surface area (Å²) in [4.78, 5) is 0. The van der Waals surface area contributed by atoms with Crippen LogP contribution in [-0.2, 0) is 0 Å². The lowest BCUT2D eigenvalue weighted by molar-refractivity contribution is 0.428. The maximum absolute atomic E-state index is 7.45. The Balaban J connectivity index is 2.15. The first kappa shape index (κ1) is 14.0. The van der Waals surface area contributed by atoms with Gasteiger partial charge in [-0.3, -0.25) is 5.41 Å². The Hall–Kier alpha value is -1.04. The minimum absolute atomic E-state index is 0.189. The SMILES string of the molecule is Cc1nnc(SCCCCC(C)(C)C(=N)N)o1. The van der Waals surface area contributed by atoms with Crippen molar-refractivity contribution in [1.82, 2.24) is 10.2 Å². The van der Waals surface area contributed by atoms with Gasteiger partial charge in [-0.2, -0.15) is 0 Å². The Morgan fingerprint density at radius 2 is 2.12 bits per heavy atom. The summed E-state index contributed by atoms with van der Waals surface area (Å²) in [5, 5.41) is 15.8. The molecule has 0 aromatic carbocycles. The van der Waals surface area contributed by atoms with Crippen LogP contribution in [0.4, 0.5) is 0 Å². The molecule has 5 nitrogen and oxygen atoms in total. The number of unbranched alkanes of at least 4 members (excludes halogenated alkanes) is 1. The Morgan fingerprint density at radius 3 is 2.65 bits per heavy atom. The highest BCUT2D eigenvalue weighted by atomic mass is 32.2. The number of nitrogens with two attached hydrogens (primary N) is 1. The quantitative estimate of drug-likeness (QED) is 0.339. The molecule has 0 aliphatic rings. The molecular formula is C11H20N4OS. The number of aryl methyl sites for hydroxylation is 1. The van der Waals surface area contributed by atoms with Crippen molar-refractivity contribution in [3.05, 3.63) is 5.89 Å². The van der Waals surface area contributed by atoms with Crippen molar-refractivity contribution in [2.75, 3.05) is 5.75 Å².